The van der Waals surface area contributed by atoms with E-state index in [4.69, 9.17) is 5.11 Å². The van der Waals surface area contributed by atoms with Crippen LogP contribution in [0.25, 0.3) is 0 Å². The van der Waals surface area contributed by atoms with Crippen LogP contribution in [0.5, 0.6) is 0 Å². The van der Waals surface area contributed by atoms with Gasteiger partial charge in [-0.25, -0.2) is 4.79 Å². The molecule has 17 heavy (non-hydrogen) atoms. The Morgan fingerprint density at radius 3 is 2.65 bits per heavy atom. The molecule has 3 heteroatoms. The van der Waals surface area contributed by atoms with Crippen LogP contribution in [0.15, 0.2) is 22.7 Å². The van der Waals surface area contributed by atoms with Crippen molar-refractivity contribution in [2.45, 2.75) is 38.5 Å². The van der Waals surface area contributed by atoms with Gasteiger partial charge in [-0.05, 0) is 39.9 Å². The van der Waals surface area contributed by atoms with Crippen molar-refractivity contribution >= 4 is 21.9 Å². The Kier molecular flexibility index (Phi) is 4.21. The van der Waals surface area contributed by atoms with Crippen LogP contribution >= 0.6 is 15.9 Å². The van der Waals surface area contributed by atoms with Crippen molar-refractivity contribution in [3.05, 3.63) is 33.8 Å². The van der Waals surface area contributed by atoms with Crippen molar-refractivity contribution in [1.82, 2.24) is 0 Å². The first-order valence-electron chi connectivity index (χ1n) is 6.19. The largest absolute Gasteiger partial charge is 0.478 e. The molecule has 2 nitrogen and oxygen atoms in total. The SMILES string of the molecule is O=C(O)c1cccc(CC2CCCCC2)c1Br. The number of carbonyl (C=O) groups is 1. The zero-order valence-corrected chi connectivity index (χ0v) is 11.4. The summed E-state index contributed by atoms with van der Waals surface area (Å²) in [7, 11) is 0. The second-order valence-corrected chi connectivity index (χ2v) is 5.58. The van der Waals surface area contributed by atoms with Gasteiger partial charge in [0.25, 0.3) is 0 Å². The first-order chi connectivity index (χ1) is 8.18. The molecule has 92 valence electrons. The molecule has 1 aromatic rings. The molecule has 1 saturated carbocycles. The average Bonchev–Trinajstić information content (AvgIpc) is 2.33. The van der Waals surface area contributed by atoms with Crippen LogP contribution in [-0.2, 0) is 6.42 Å². The Morgan fingerprint density at radius 2 is 2.00 bits per heavy atom. The van der Waals surface area contributed by atoms with E-state index in [0.29, 0.717) is 5.56 Å². The van der Waals surface area contributed by atoms with Crippen LogP contribution in [0.3, 0.4) is 0 Å². The topological polar surface area (TPSA) is 37.3 Å². The molecule has 0 spiro atoms. The van der Waals surface area contributed by atoms with Crippen molar-refractivity contribution in [1.29, 1.82) is 0 Å². The van der Waals surface area contributed by atoms with Crippen LogP contribution in [0.1, 0.15) is 48.0 Å². The second kappa shape index (κ2) is 5.67. The Bertz CT molecular complexity index is 409. The molecule has 0 unspecified atom stereocenters. The molecule has 0 heterocycles. The molecule has 0 saturated heterocycles. The number of hydrogen-bond donors (Lipinski definition) is 1. The van der Waals surface area contributed by atoms with E-state index in [1.165, 1.54) is 32.1 Å². The van der Waals surface area contributed by atoms with Crippen LogP contribution in [0.4, 0.5) is 0 Å². The number of benzene rings is 1. The van der Waals surface area contributed by atoms with Gasteiger partial charge in [0.05, 0.1) is 5.56 Å². The average molecular weight is 297 g/mol. The molecule has 1 aliphatic rings. The maximum atomic E-state index is 11.0. The normalized spacial score (nSPS) is 17.0. The molecule has 0 aromatic heterocycles. The van der Waals surface area contributed by atoms with Gasteiger partial charge in [0.1, 0.15) is 0 Å². The lowest BCUT2D eigenvalue weighted by molar-refractivity contribution is 0.0695. The number of carboxylic acid groups (broad SMARTS) is 1. The van der Waals surface area contributed by atoms with Gasteiger partial charge < -0.3 is 5.11 Å². The Labute approximate surface area is 110 Å². The Hall–Kier alpha value is -0.830. The highest BCUT2D eigenvalue weighted by molar-refractivity contribution is 9.10. The minimum atomic E-state index is -0.859. The number of halogens is 1. The first-order valence-corrected chi connectivity index (χ1v) is 6.98. The van der Waals surface area contributed by atoms with Crippen LogP contribution < -0.4 is 0 Å². The predicted octanol–water partition coefficient (Wildman–Crippen LogP) is 4.27. The van der Waals surface area contributed by atoms with E-state index in [1.54, 1.807) is 6.07 Å². The van der Waals surface area contributed by atoms with Crippen molar-refractivity contribution in [3.63, 3.8) is 0 Å². The summed E-state index contributed by atoms with van der Waals surface area (Å²) in [4.78, 5) is 11.0. The molecule has 0 bridgehead atoms. The summed E-state index contributed by atoms with van der Waals surface area (Å²) in [5.41, 5.74) is 1.51. The third-order valence-electron chi connectivity index (χ3n) is 3.54. The second-order valence-electron chi connectivity index (χ2n) is 4.79. The minimum Gasteiger partial charge on any atom is -0.478 e. The van der Waals surface area contributed by atoms with Gasteiger partial charge in [0, 0.05) is 4.47 Å². The van der Waals surface area contributed by atoms with Gasteiger partial charge in [0.15, 0.2) is 0 Å². The van der Waals surface area contributed by atoms with Gasteiger partial charge >= 0.3 is 5.97 Å². The summed E-state index contributed by atoms with van der Waals surface area (Å²) in [6, 6.07) is 5.52. The highest BCUT2D eigenvalue weighted by Crippen LogP contribution is 2.30. The lowest BCUT2D eigenvalue weighted by atomic mass is 9.84. The summed E-state index contributed by atoms with van der Waals surface area (Å²) in [5, 5.41) is 9.07. The van der Waals surface area contributed by atoms with Crippen molar-refractivity contribution in [3.8, 4) is 0 Å². The monoisotopic (exact) mass is 296 g/mol. The Morgan fingerprint density at radius 1 is 1.29 bits per heavy atom. The molecular formula is C14H17BrO2. The van der Waals surface area contributed by atoms with Crippen molar-refractivity contribution in [2.24, 2.45) is 5.92 Å². The molecular weight excluding hydrogens is 280 g/mol. The van der Waals surface area contributed by atoms with E-state index in [9.17, 15) is 4.79 Å². The fourth-order valence-electron chi connectivity index (χ4n) is 2.60. The van der Waals surface area contributed by atoms with Gasteiger partial charge in [-0.15, -0.1) is 0 Å². The molecule has 2 rings (SSSR count). The summed E-state index contributed by atoms with van der Waals surface area (Å²) >= 11 is 3.43. The molecule has 0 atom stereocenters. The molecule has 0 aliphatic heterocycles. The lowest BCUT2D eigenvalue weighted by Crippen LogP contribution is -2.10. The molecule has 0 amide bonds. The van der Waals surface area contributed by atoms with Crippen LogP contribution in [0, 0.1) is 5.92 Å². The van der Waals surface area contributed by atoms with E-state index in [1.807, 2.05) is 12.1 Å². The predicted molar refractivity (Wildman–Crippen MR) is 71.4 cm³/mol. The quantitative estimate of drug-likeness (QED) is 0.904. The third-order valence-corrected chi connectivity index (χ3v) is 4.48. The minimum absolute atomic E-state index is 0.373. The van der Waals surface area contributed by atoms with E-state index >= 15 is 0 Å². The number of carboxylic acids is 1. The zero-order chi connectivity index (χ0) is 12.3. The molecule has 1 aliphatic carbocycles. The number of aromatic carboxylic acids is 1. The number of rotatable bonds is 3. The van der Waals surface area contributed by atoms with Crippen molar-refractivity contribution < 1.29 is 9.90 Å². The highest BCUT2D eigenvalue weighted by atomic mass is 79.9. The van der Waals surface area contributed by atoms with Crippen LogP contribution in [0.2, 0.25) is 0 Å². The Balaban J connectivity index is 2.15. The van der Waals surface area contributed by atoms with Gasteiger partial charge in [-0.3, -0.25) is 0 Å². The fraction of sp³-hybridized carbons (Fsp3) is 0.500. The standard InChI is InChI=1S/C14H17BrO2/c15-13-11(7-4-8-12(13)14(16)17)9-10-5-2-1-3-6-10/h4,7-8,10H,1-3,5-6,9H2,(H,16,17). The lowest BCUT2D eigenvalue weighted by Gasteiger charge is -2.22. The summed E-state index contributed by atoms with van der Waals surface area (Å²) in [5.74, 6) is -0.133. The highest BCUT2D eigenvalue weighted by Gasteiger charge is 2.17. The fourth-order valence-corrected chi connectivity index (χ4v) is 3.20. The van der Waals surface area contributed by atoms with Crippen LogP contribution in [-0.4, -0.2) is 11.1 Å². The van der Waals surface area contributed by atoms with Crippen molar-refractivity contribution in [2.75, 3.05) is 0 Å². The zero-order valence-electron chi connectivity index (χ0n) is 9.79. The van der Waals surface area contributed by atoms with Gasteiger partial charge in [0.2, 0.25) is 0 Å². The summed E-state index contributed by atoms with van der Waals surface area (Å²) < 4.78 is 0.762. The van der Waals surface area contributed by atoms with E-state index < -0.39 is 5.97 Å². The number of hydrogen-bond acceptors (Lipinski definition) is 1. The smallest absolute Gasteiger partial charge is 0.336 e. The van der Waals surface area contributed by atoms with E-state index in [0.717, 1.165) is 22.4 Å². The van der Waals surface area contributed by atoms with E-state index in [2.05, 4.69) is 15.9 Å². The first kappa shape index (κ1) is 12.6. The third kappa shape index (κ3) is 3.09. The summed E-state index contributed by atoms with van der Waals surface area (Å²) in [6.07, 6.45) is 7.56. The maximum absolute atomic E-state index is 11.0. The van der Waals surface area contributed by atoms with E-state index in [-0.39, 0.29) is 0 Å². The molecule has 1 fully saturated rings. The van der Waals surface area contributed by atoms with Gasteiger partial charge in [-0.1, -0.05) is 44.2 Å². The summed E-state index contributed by atoms with van der Waals surface area (Å²) in [6.45, 7) is 0. The van der Waals surface area contributed by atoms with Gasteiger partial charge in [-0.2, -0.15) is 0 Å². The molecule has 1 aromatic carbocycles. The molecule has 0 radical (unpaired) electrons. The maximum Gasteiger partial charge on any atom is 0.336 e. The molecule has 1 N–H and O–H groups in total.